The maximum absolute atomic E-state index is 12.1. The van der Waals surface area contributed by atoms with Gasteiger partial charge in [0.1, 0.15) is 12.1 Å². The molecule has 1 aromatic carbocycles. The Morgan fingerprint density at radius 3 is 2.72 bits per heavy atom. The van der Waals surface area contributed by atoms with Crippen molar-refractivity contribution in [1.29, 1.82) is 5.26 Å². The van der Waals surface area contributed by atoms with E-state index in [-0.39, 0.29) is 17.8 Å². The molecule has 0 heterocycles. The van der Waals surface area contributed by atoms with E-state index in [1.807, 2.05) is 6.07 Å². The number of hydrogen-bond acceptors (Lipinski definition) is 4. The zero-order valence-electron chi connectivity index (χ0n) is 10.2. The van der Waals surface area contributed by atoms with Gasteiger partial charge >= 0.3 is 0 Å². The molecule has 0 atom stereocenters. The molecule has 0 aromatic heterocycles. The van der Waals surface area contributed by atoms with Crippen molar-refractivity contribution in [2.75, 3.05) is 13.1 Å². The van der Waals surface area contributed by atoms with E-state index in [0.717, 1.165) is 5.56 Å². The van der Waals surface area contributed by atoms with Crippen LogP contribution in [0.4, 0.5) is 5.69 Å². The summed E-state index contributed by atoms with van der Waals surface area (Å²) >= 11 is 0. The van der Waals surface area contributed by atoms with Gasteiger partial charge in [-0.25, -0.2) is 0 Å². The third-order valence-electron chi connectivity index (χ3n) is 2.51. The maximum atomic E-state index is 12.1. The number of nitrogens with zero attached hydrogens (tertiary/aromatic N) is 3. The first-order valence-corrected chi connectivity index (χ1v) is 5.42. The smallest absolute Gasteiger partial charge is 0.282 e. The highest BCUT2D eigenvalue weighted by Gasteiger charge is 2.23. The molecule has 0 unspecified atom stereocenters. The molecule has 0 N–H and O–H groups in total. The van der Waals surface area contributed by atoms with E-state index in [1.54, 1.807) is 19.9 Å². The molecule has 1 amide bonds. The molecule has 0 bridgehead atoms. The van der Waals surface area contributed by atoms with E-state index in [0.29, 0.717) is 6.54 Å². The molecule has 0 saturated carbocycles. The number of rotatable bonds is 4. The van der Waals surface area contributed by atoms with Crippen LogP contribution < -0.4 is 0 Å². The number of carbonyl (C=O) groups excluding carboxylic acids is 1. The van der Waals surface area contributed by atoms with E-state index in [9.17, 15) is 14.9 Å². The third kappa shape index (κ3) is 2.83. The van der Waals surface area contributed by atoms with Crippen LogP contribution in [0.25, 0.3) is 0 Å². The third-order valence-corrected chi connectivity index (χ3v) is 2.51. The summed E-state index contributed by atoms with van der Waals surface area (Å²) in [5.41, 5.74) is 0.552. The van der Waals surface area contributed by atoms with Gasteiger partial charge in [0, 0.05) is 12.6 Å². The van der Waals surface area contributed by atoms with E-state index in [1.165, 1.54) is 17.0 Å². The fourth-order valence-electron chi connectivity index (χ4n) is 1.56. The normalized spacial score (nSPS) is 9.61. The minimum Gasteiger partial charge on any atom is -0.325 e. The van der Waals surface area contributed by atoms with Crippen molar-refractivity contribution in [3.63, 3.8) is 0 Å². The summed E-state index contributed by atoms with van der Waals surface area (Å²) in [5.74, 6) is -0.491. The number of nitro benzene ring substituents is 1. The molecule has 0 radical (unpaired) electrons. The van der Waals surface area contributed by atoms with Crippen LogP contribution in [-0.4, -0.2) is 28.8 Å². The average Bonchev–Trinajstić information content (AvgIpc) is 2.34. The lowest BCUT2D eigenvalue weighted by atomic mass is 10.1. The van der Waals surface area contributed by atoms with Crippen molar-refractivity contribution in [3.8, 4) is 6.07 Å². The summed E-state index contributed by atoms with van der Waals surface area (Å²) in [6.45, 7) is 3.72. The molecule has 0 spiro atoms. The Kier molecular flexibility index (Phi) is 4.38. The number of nitro groups is 1. The molecule has 0 aliphatic heterocycles. The molecule has 94 valence electrons. The molecule has 6 nitrogen and oxygen atoms in total. The number of aryl methyl sites for hydroxylation is 1. The zero-order chi connectivity index (χ0) is 13.7. The van der Waals surface area contributed by atoms with E-state index < -0.39 is 10.8 Å². The van der Waals surface area contributed by atoms with Gasteiger partial charge in [0.15, 0.2) is 0 Å². The number of benzene rings is 1. The standard InChI is InChI=1S/C12H13N3O3/c1-3-14(7-6-13)12(16)10-8-9(2)4-5-11(10)15(17)18/h4-5,8H,3,7H2,1-2H3. The van der Waals surface area contributed by atoms with E-state index >= 15 is 0 Å². The second kappa shape index (κ2) is 5.77. The number of amides is 1. The van der Waals surface area contributed by atoms with Gasteiger partial charge in [0.25, 0.3) is 11.6 Å². The fourth-order valence-corrected chi connectivity index (χ4v) is 1.56. The fraction of sp³-hybridized carbons (Fsp3) is 0.333. The summed E-state index contributed by atoms with van der Waals surface area (Å²) < 4.78 is 0. The summed E-state index contributed by atoms with van der Waals surface area (Å²) in [6.07, 6.45) is 0. The van der Waals surface area contributed by atoms with Crippen LogP contribution in [0.1, 0.15) is 22.8 Å². The Morgan fingerprint density at radius 2 is 2.22 bits per heavy atom. The lowest BCUT2D eigenvalue weighted by Gasteiger charge is -2.17. The summed E-state index contributed by atoms with van der Waals surface area (Å²) in [4.78, 5) is 23.7. The second-order valence-corrected chi connectivity index (χ2v) is 3.76. The van der Waals surface area contributed by atoms with Gasteiger partial charge < -0.3 is 4.90 Å². The van der Waals surface area contributed by atoms with Gasteiger partial charge in [-0.3, -0.25) is 14.9 Å². The van der Waals surface area contributed by atoms with Gasteiger partial charge in [-0.2, -0.15) is 5.26 Å². The quantitative estimate of drug-likeness (QED) is 0.461. The van der Waals surface area contributed by atoms with Gasteiger partial charge in [0.2, 0.25) is 0 Å². The average molecular weight is 247 g/mol. The van der Waals surface area contributed by atoms with Crippen molar-refractivity contribution in [2.45, 2.75) is 13.8 Å². The minimum absolute atomic E-state index is 0.0251. The Morgan fingerprint density at radius 1 is 1.56 bits per heavy atom. The predicted molar refractivity (Wildman–Crippen MR) is 65.0 cm³/mol. The summed E-state index contributed by atoms with van der Waals surface area (Å²) in [5, 5.41) is 19.5. The van der Waals surface area contributed by atoms with Crippen LogP contribution in [0.5, 0.6) is 0 Å². The number of nitriles is 1. The van der Waals surface area contributed by atoms with Crippen molar-refractivity contribution in [1.82, 2.24) is 4.90 Å². The summed E-state index contributed by atoms with van der Waals surface area (Å²) in [7, 11) is 0. The zero-order valence-corrected chi connectivity index (χ0v) is 10.2. The van der Waals surface area contributed by atoms with E-state index in [4.69, 9.17) is 5.26 Å². The van der Waals surface area contributed by atoms with Gasteiger partial charge in [-0.1, -0.05) is 6.07 Å². The van der Waals surface area contributed by atoms with Gasteiger partial charge in [0.05, 0.1) is 11.0 Å². The van der Waals surface area contributed by atoms with Crippen molar-refractivity contribution < 1.29 is 9.72 Å². The van der Waals surface area contributed by atoms with Crippen LogP contribution in [0.15, 0.2) is 18.2 Å². The Labute approximate surface area is 105 Å². The van der Waals surface area contributed by atoms with Crippen molar-refractivity contribution in [2.24, 2.45) is 0 Å². The van der Waals surface area contributed by atoms with Crippen LogP contribution in [-0.2, 0) is 0 Å². The van der Waals surface area contributed by atoms with Crippen molar-refractivity contribution in [3.05, 3.63) is 39.4 Å². The molecule has 0 aliphatic carbocycles. The molecule has 6 heteroatoms. The lowest BCUT2D eigenvalue weighted by Crippen LogP contribution is -2.31. The van der Waals surface area contributed by atoms with Gasteiger partial charge in [-0.15, -0.1) is 0 Å². The van der Waals surface area contributed by atoms with E-state index in [2.05, 4.69) is 0 Å². The molecule has 0 fully saturated rings. The molecular weight excluding hydrogens is 234 g/mol. The Balaban J connectivity index is 3.22. The monoisotopic (exact) mass is 247 g/mol. The molecular formula is C12H13N3O3. The van der Waals surface area contributed by atoms with Crippen LogP contribution in [0, 0.1) is 28.4 Å². The first-order chi connectivity index (χ1) is 8.51. The van der Waals surface area contributed by atoms with Crippen molar-refractivity contribution >= 4 is 11.6 Å². The maximum Gasteiger partial charge on any atom is 0.282 e. The first-order valence-electron chi connectivity index (χ1n) is 5.42. The Hall–Kier alpha value is -2.42. The largest absolute Gasteiger partial charge is 0.325 e. The first kappa shape index (κ1) is 13.6. The summed E-state index contributed by atoms with van der Waals surface area (Å²) in [6, 6.07) is 6.23. The SMILES string of the molecule is CCN(CC#N)C(=O)c1cc(C)ccc1[N+](=O)[O-]. The van der Waals surface area contributed by atoms with Gasteiger partial charge in [-0.05, 0) is 25.5 Å². The number of hydrogen-bond donors (Lipinski definition) is 0. The topological polar surface area (TPSA) is 87.2 Å². The molecule has 18 heavy (non-hydrogen) atoms. The molecule has 1 aromatic rings. The highest BCUT2D eigenvalue weighted by atomic mass is 16.6. The van der Waals surface area contributed by atoms with Crippen LogP contribution in [0.2, 0.25) is 0 Å². The molecule has 1 rings (SSSR count). The minimum atomic E-state index is -0.590. The second-order valence-electron chi connectivity index (χ2n) is 3.76. The molecule has 0 saturated heterocycles. The predicted octanol–water partition coefficient (Wildman–Crippen LogP) is 1.89. The van der Waals surface area contributed by atoms with Crippen LogP contribution >= 0.6 is 0 Å². The lowest BCUT2D eigenvalue weighted by molar-refractivity contribution is -0.385. The Bertz CT molecular complexity index is 520. The highest BCUT2D eigenvalue weighted by Crippen LogP contribution is 2.21. The highest BCUT2D eigenvalue weighted by molar-refractivity contribution is 5.98. The number of carbonyl (C=O) groups is 1. The van der Waals surface area contributed by atoms with Crippen LogP contribution in [0.3, 0.4) is 0 Å². The molecule has 0 aliphatic rings.